The molecule has 2 aliphatic rings. The van der Waals surface area contributed by atoms with Gasteiger partial charge in [0.05, 0.1) is 69.5 Å². The van der Waals surface area contributed by atoms with Gasteiger partial charge in [0, 0.05) is 47.3 Å². The molecule has 0 unspecified atom stereocenters. The molecule has 4 heterocycles. The maximum atomic E-state index is 13.1. The monoisotopic (exact) mass is 979 g/mol. The summed E-state index contributed by atoms with van der Waals surface area (Å²) in [4.78, 5) is 60.8. The van der Waals surface area contributed by atoms with Gasteiger partial charge >= 0.3 is 11.9 Å². The summed E-state index contributed by atoms with van der Waals surface area (Å²) >= 11 is 3.11. The second-order valence-corrected chi connectivity index (χ2v) is 22.2. The lowest BCUT2D eigenvalue weighted by molar-refractivity contribution is -0.155. The molecule has 0 spiro atoms. The number of rotatable bonds is 4. The Labute approximate surface area is 413 Å². The van der Waals surface area contributed by atoms with Gasteiger partial charge in [-0.25, -0.2) is 9.97 Å². The molecule has 2 aromatic rings. The highest BCUT2D eigenvalue weighted by atomic mass is 32.1. The molecular formula is C54H78N2O10S2. The third kappa shape index (κ3) is 17.0. The number of allylic oxidation sites excluding steroid dienone is 4. The summed E-state index contributed by atoms with van der Waals surface area (Å²) in [7, 11) is 0. The number of hydrogen-bond donors (Lipinski definition) is 4. The number of aliphatic hydroxyl groups is 4. The van der Waals surface area contributed by atoms with Crippen LogP contribution in [0.2, 0.25) is 0 Å². The smallest absolute Gasteiger partial charge is 0.309 e. The molecule has 0 radical (unpaired) electrons. The molecule has 4 N–H and O–H groups in total. The normalized spacial score (nSPS) is 32.6. The molecule has 2 aliphatic heterocycles. The predicted octanol–water partition coefficient (Wildman–Crippen LogP) is 10.1. The molecular weight excluding hydrogens is 901 g/mol. The summed E-state index contributed by atoms with van der Waals surface area (Å²) in [5, 5.41) is 48.9. The summed E-state index contributed by atoms with van der Waals surface area (Å²) in [6, 6.07) is 0. The van der Waals surface area contributed by atoms with Crippen molar-refractivity contribution in [1.82, 2.24) is 9.97 Å². The molecule has 68 heavy (non-hydrogen) atoms. The molecule has 4 rings (SSSR count). The van der Waals surface area contributed by atoms with Gasteiger partial charge in [-0.15, -0.1) is 22.7 Å². The highest BCUT2D eigenvalue weighted by Gasteiger charge is 2.43. The van der Waals surface area contributed by atoms with Gasteiger partial charge in [-0.1, -0.05) is 103 Å². The van der Waals surface area contributed by atoms with E-state index in [4.69, 9.17) is 9.47 Å². The number of Topliss-reactive ketones (excluding diaryl/α,β-unsaturated/α-hetero) is 2. The van der Waals surface area contributed by atoms with E-state index >= 15 is 0 Å². The number of aryl methyl sites for hydroxylation is 2. The highest BCUT2D eigenvalue weighted by molar-refractivity contribution is 7.09. The maximum Gasteiger partial charge on any atom is 0.309 e. The number of hydrogen-bond acceptors (Lipinski definition) is 14. The van der Waals surface area contributed by atoms with Crippen LogP contribution in [0.25, 0.3) is 12.2 Å². The fraction of sp³-hybridized carbons (Fsp3) is 0.593. The Balaban J connectivity index is 0.000000360. The summed E-state index contributed by atoms with van der Waals surface area (Å²) in [6.45, 7) is 25.2. The number of ether oxygens (including phenoxy) is 2. The van der Waals surface area contributed by atoms with E-state index in [-0.39, 0.29) is 36.2 Å². The van der Waals surface area contributed by atoms with Gasteiger partial charge in [0.25, 0.3) is 0 Å². The van der Waals surface area contributed by atoms with Crippen molar-refractivity contribution in [2.45, 2.75) is 172 Å². The molecule has 10 atom stereocenters. The van der Waals surface area contributed by atoms with Gasteiger partial charge in [-0.3, -0.25) is 19.2 Å². The Morgan fingerprint density at radius 3 is 1.26 bits per heavy atom. The lowest BCUT2D eigenvalue weighted by Crippen LogP contribution is -2.45. The summed E-state index contributed by atoms with van der Waals surface area (Å²) < 4.78 is 11.6. The molecule has 0 saturated carbocycles. The molecule has 14 heteroatoms. The summed E-state index contributed by atoms with van der Waals surface area (Å²) in [5.74, 6) is -3.53. The van der Waals surface area contributed by atoms with E-state index in [0.29, 0.717) is 25.7 Å². The average Bonchev–Trinajstić information content (AvgIpc) is 3.89. The van der Waals surface area contributed by atoms with E-state index in [1.54, 1.807) is 64.2 Å². The number of carbonyl (C=O) groups is 4. The van der Waals surface area contributed by atoms with Crippen LogP contribution in [0.3, 0.4) is 0 Å². The van der Waals surface area contributed by atoms with Crippen molar-refractivity contribution in [2.75, 3.05) is 0 Å². The largest absolute Gasteiger partial charge is 0.457 e. The lowest BCUT2D eigenvalue weighted by atomic mass is 9.73. The molecule has 0 saturated heterocycles. The molecule has 0 fully saturated rings. The third-order valence-corrected chi connectivity index (χ3v) is 14.9. The van der Waals surface area contributed by atoms with Crippen molar-refractivity contribution >= 4 is 58.3 Å². The van der Waals surface area contributed by atoms with Crippen molar-refractivity contribution in [3.63, 3.8) is 0 Å². The van der Waals surface area contributed by atoms with Crippen LogP contribution in [0, 0.1) is 48.3 Å². The Bertz CT molecular complexity index is 2070. The minimum Gasteiger partial charge on any atom is -0.457 e. The van der Waals surface area contributed by atoms with Crippen LogP contribution in [0.5, 0.6) is 0 Å². The first-order valence-electron chi connectivity index (χ1n) is 23.7. The molecule has 376 valence electrons. The summed E-state index contributed by atoms with van der Waals surface area (Å²) in [5.41, 5.74) is 3.14. The second-order valence-electron chi connectivity index (χ2n) is 20.0. The van der Waals surface area contributed by atoms with E-state index in [1.165, 1.54) is 0 Å². The molecule has 0 aromatic carbocycles. The highest BCUT2D eigenvalue weighted by Crippen LogP contribution is 2.34. The molecule has 0 bridgehead atoms. The first-order valence-corrected chi connectivity index (χ1v) is 25.5. The Morgan fingerprint density at radius 2 is 0.956 bits per heavy atom. The van der Waals surface area contributed by atoms with Gasteiger partial charge in [0.15, 0.2) is 0 Å². The van der Waals surface area contributed by atoms with Gasteiger partial charge in [0.2, 0.25) is 0 Å². The number of aromatic nitrogens is 2. The van der Waals surface area contributed by atoms with Crippen molar-refractivity contribution < 1.29 is 49.1 Å². The number of esters is 2. The van der Waals surface area contributed by atoms with E-state index in [1.807, 2.05) is 115 Å². The molecule has 0 amide bonds. The number of aliphatic hydroxyl groups excluding tert-OH is 4. The quantitative estimate of drug-likeness (QED) is 0.168. The first kappa shape index (κ1) is 58.1. The molecule has 12 nitrogen and oxygen atoms in total. The predicted molar refractivity (Wildman–Crippen MR) is 273 cm³/mol. The number of carbonyl (C=O) groups excluding carboxylic acids is 4. The van der Waals surface area contributed by atoms with E-state index in [9.17, 15) is 39.6 Å². The number of thiazole rings is 2. The van der Waals surface area contributed by atoms with E-state index in [2.05, 4.69) is 9.97 Å². The fourth-order valence-electron chi connectivity index (χ4n) is 8.11. The van der Waals surface area contributed by atoms with Crippen LogP contribution < -0.4 is 0 Å². The average molecular weight is 979 g/mol. The molecule has 2 aromatic heterocycles. The zero-order valence-corrected chi connectivity index (χ0v) is 44.4. The van der Waals surface area contributed by atoms with Crippen LogP contribution in [0.15, 0.2) is 69.5 Å². The zero-order valence-electron chi connectivity index (χ0n) is 42.7. The number of nitrogens with zero attached hydrogens (tertiary/aromatic N) is 2. The van der Waals surface area contributed by atoms with Gasteiger partial charge < -0.3 is 29.9 Å². The number of ketones is 2. The van der Waals surface area contributed by atoms with Gasteiger partial charge in [-0.2, -0.15) is 0 Å². The van der Waals surface area contributed by atoms with Crippen LogP contribution in [0.4, 0.5) is 0 Å². The van der Waals surface area contributed by atoms with Crippen LogP contribution in [-0.2, 0) is 28.7 Å². The fourth-order valence-corrected chi connectivity index (χ4v) is 9.25. The standard InChI is InChI=1S/2C27H39NO5S/c2*1-16-9-8-10-17(2)25(31)19(4)26(32)27(6,7)23(29)14-24(30)33-22(12-11-16)18(3)13-21-15-34-20(5)28-21/h2*8,10-11,13,15,17,19,22-23,25,29,31H,9,12,14H2,1-7H3/b2*10-8+,16-11-,18-13+/t2*17-,19+,22-,23-,25-/m00/s1. The van der Waals surface area contributed by atoms with Crippen LogP contribution >= 0.6 is 22.7 Å². The Hall–Kier alpha value is -4.18. The van der Waals surface area contributed by atoms with Crippen LogP contribution in [-0.4, -0.2) is 90.5 Å². The lowest BCUT2D eigenvalue weighted by Gasteiger charge is -2.34. The molecule has 0 aliphatic carbocycles. The van der Waals surface area contributed by atoms with Crippen molar-refractivity contribution in [1.29, 1.82) is 0 Å². The van der Waals surface area contributed by atoms with Gasteiger partial charge in [-0.05, 0) is 77.7 Å². The van der Waals surface area contributed by atoms with E-state index in [0.717, 1.165) is 43.7 Å². The first-order chi connectivity index (χ1) is 31.6. The number of cyclic esters (lactones) is 2. The maximum absolute atomic E-state index is 13.1. The zero-order chi connectivity index (χ0) is 51.3. The Morgan fingerprint density at radius 1 is 0.618 bits per heavy atom. The Kier molecular flexibility index (Phi) is 22.4. The minimum atomic E-state index is -1.23. The van der Waals surface area contributed by atoms with Gasteiger partial charge in [0.1, 0.15) is 23.8 Å². The van der Waals surface area contributed by atoms with Crippen molar-refractivity contribution in [3.8, 4) is 0 Å². The third-order valence-electron chi connectivity index (χ3n) is 13.3. The van der Waals surface area contributed by atoms with Crippen LogP contribution in [0.1, 0.15) is 143 Å². The second kappa shape index (κ2) is 26.1. The summed E-state index contributed by atoms with van der Waals surface area (Å²) in [6.07, 6.45) is 12.3. The minimum absolute atomic E-state index is 0.225. The van der Waals surface area contributed by atoms with Crippen molar-refractivity contribution in [3.05, 3.63) is 90.9 Å². The van der Waals surface area contributed by atoms with Crippen molar-refractivity contribution in [2.24, 2.45) is 34.5 Å². The van der Waals surface area contributed by atoms with E-state index < -0.39 is 71.2 Å². The topological polar surface area (TPSA) is 193 Å². The SMILES string of the molecule is C/C1=C/C[C@@H](/C(C)=C/c2csc(C)n2)OC(=O)C[C@H](O)C(C)(C)C(=O)[C@H](C)[C@@H](O)[C@@H](C)/C=C/C1.C/C1=C/C[C@@H](/C(C)=C/c2csc(C)n2)OC(=O)C[C@H](O)C(C)(C)C(=O)[C@H](C)[C@@H](O)[C@@H](C)/C=C/C1.